The topological polar surface area (TPSA) is 73.3 Å². The Hall–Kier alpha value is -2.69. The molecule has 0 bridgehead atoms. The number of nitrogens with zero attached hydrogens (tertiary/aromatic N) is 3. The van der Waals surface area contributed by atoms with E-state index in [0.29, 0.717) is 0 Å². The normalized spacial score (nSPS) is 10.7. The van der Waals surface area contributed by atoms with E-state index in [1.165, 1.54) is 6.33 Å². The lowest BCUT2D eigenvalue weighted by atomic mass is 9.98. The second-order valence-electron chi connectivity index (χ2n) is 4.28. The van der Waals surface area contributed by atoms with Crippen LogP contribution in [-0.2, 0) is 11.2 Å². The molecule has 0 radical (unpaired) electrons. The standard InChI is InChI=1S/C14H12N4O/c15-13(19)7-10-3-1-2-4-12(10)11-5-6-18-14(8-11)16-9-17-18/h1-6,8-9H,7H2,(H2,15,19). The maximum atomic E-state index is 11.1. The predicted octanol–water partition coefficient (Wildman–Crippen LogP) is 1.42. The van der Waals surface area contributed by atoms with Crippen molar-refractivity contribution < 1.29 is 4.79 Å². The van der Waals surface area contributed by atoms with E-state index in [1.807, 2.05) is 42.6 Å². The predicted molar refractivity (Wildman–Crippen MR) is 71.3 cm³/mol. The number of carbonyl (C=O) groups excluding carboxylic acids is 1. The molecule has 0 aliphatic rings. The SMILES string of the molecule is NC(=O)Cc1ccccc1-c1ccn2ncnc2c1. The third-order valence-electron chi connectivity index (χ3n) is 2.97. The third kappa shape index (κ3) is 2.18. The maximum Gasteiger partial charge on any atom is 0.221 e. The molecule has 0 aliphatic heterocycles. The summed E-state index contributed by atoms with van der Waals surface area (Å²) >= 11 is 0. The number of carbonyl (C=O) groups is 1. The minimum absolute atomic E-state index is 0.230. The first kappa shape index (κ1) is 11.4. The van der Waals surface area contributed by atoms with E-state index in [2.05, 4.69) is 10.1 Å². The summed E-state index contributed by atoms with van der Waals surface area (Å²) in [5, 5.41) is 4.06. The lowest BCUT2D eigenvalue weighted by Gasteiger charge is -2.08. The highest BCUT2D eigenvalue weighted by molar-refractivity contribution is 5.81. The van der Waals surface area contributed by atoms with Gasteiger partial charge >= 0.3 is 0 Å². The van der Waals surface area contributed by atoms with E-state index in [-0.39, 0.29) is 12.3 Å². The van der Waals surface area contributed by atoms with Crippen LogP contribution in [-0.4, -0.2) is 20.5 Å². The average Bonchev–Trinajstić information content (AvgIpc) is 2.86. The molecule has 3 rings (SSSR count). The first-order valence-electron chi connectivity index (χ1n) is 5.90. The van der Waals surface area contributed by atoms with Crippen molar-refractivity contribution in [3.63, 3.8) is 0 Å². The van der Waals surface area contributed by atoms with Crippen LogP contribution < -0.4 is 5.73 Å². The van der Waals surface area contributed by atoms with Crippen molar-refractivity contribution in [3.05, 3.63) is 54.5 Å². The zero-order valence-corrected chi connectivity index (χ0v) is 10.2. The molecule has 2 heterocycles. The number of amides is 1. The molecule has 0 spiro atoms. The van der Waals surface area contributed by atoms with Gasteiger partial charge in [-0.05, 0) is 28.8 Å². The van der Waals surface area contributed by atoms with Gasteiger partial charge in [0.15, 0.2) is 5.65 Å². The van der Waals surface area contributed by atoms with Gasteiger partial charge in [0.25, 0.3) is 0 Å². The average molecular weight is 252 g/mol. The van der Waals surface area contributed by atoms with Crippen LogP contribution in [0.5, 0.6) is 0 Å². The van der Waals surface area contributed by atoms with Gasteiger partial charge in [0.2, 0.25) is 5.91 Å². The van der Waals surface area contributed by atoms with Crippen LogP contribution >= 0.6 is 0 Å². The van der Waals surface area contributed by atoms with Crippen molar-refractivity contribution in [3.8, 4) is 11.1 Å². The van der Waals surface area contributed by atoms with E-state index in [9.17, 15) is 4.79 Å². The number of primary amides is 1. The number of benzene rings is 1. The fraction of sp³-hybridized carbons (Fsp3) is 0.0714. The molecule has 0 saturated carbocycles. The van der Waals surface area contributed by atoms with Crippen LogP contribution in [0, 0.1) is 0 Å². The van der Waals surface area contributed by atoms with Crippen LogP contribution in [0.4, 0.5) is 0 Å². The summed E-state index contributed by atoms with van der Waals surface area (Å²) in [6, 6.07) is 11.6. The van der Waals surface area contributed by atoms with Crippen molar-refractivity contribution in [1.29, 1.82) is 0 Å². The molecule has 5 nitrogen and oxygen atoms in total. The Bertz CT molecular complexity index is 748. The van der Waals surface area contributed by atoms with Crippen LogP contribution in [0.3, 0.4) is 0 Å². The summed E-state index contributed by atoms with van der Waals surface area (Å²) in [6.45, 7) is 0. The second-order valence-corrected chi connectivity index (χ2v) is 4.28. The first-order valence-corrected chi connectivity index (χ1v) is 5.90. The summed E-state index contributed by atoms with van der Waals surface area (Å²) < 4.78 is 1.69. The third-order valence-corrected chi connectivity index (χ3v) is 2.97. The summed E-state index contributed by atoms with van der Waals surface area (Å²) in [5.41, 5.74) is 8.96. The smallest absolute Gasteiger partial charge is 0.221 e. The van der Waals surface area contributed by atoms with Gasteiger partial charge in [-0.15, -0.1) is 0 Å². The van der Waals surface area contributed by atoms with Gasteiger partial charge in [0.1, 0.15) is 6.33 Å². The van der Waals surface area contributed by atoms with Crippen LogP contribution in [0.1, 0.15) is 5.56 Å². The second kappa shape index (κ2) is 4.53. The summed E-state index contributed by atoms with van der Waals surface area (Å²) in [7, 11) is 0. The number of fused-ring (bicyclic) bond motifs is 1. The Kier molecular flexibility index (Phi) is 2.72. The van der Waals surface area contributed by atoms with Gasteiger partial charge in [-0.1, -0.05) is 24.3 Å². The molecule has 3 aromatic rings. The van der Waals surface area contributed by atoms with E-state index < -0.39 is 0 Å². The monoisotopic (exact) mass is 252 g/mol. The highest BCUT2D eigenvalue weighted by Gasteiger charge is 2.08. The molecule has 0 unspecified atom stereocenters. The molecule has 0 aliphatic carbocycles. The fourth-order valence-corrected chi connectivity index (χ4v) is 2.13. The maximum absolute atomic E-state index is 11.1. The fourth-order valence-electron chi connectivity index (χ4n) is 2.13. The number of rotatable bonds is 3. The first-order chi connectivity index (χ1) is 9.24. The highest BCUT2D eigenvalue weighted by atomic mass is 16.1. The Balaban J connectivity index is 2.12. The Labute approximate surface area is 109 Å². The van der Waals surface area contributed by atoms with Gasteiger partial charge < -0.3 is 5.73 Å². The molecule has 1 aromatic carbocycles. The van der Waals surface area contributed by atoms with Crippen molar-refractivity contribution in [2.75, 3.05) is 0 Å². The van der Waals surface area contributed by atoms with Gasteiger partial charge in [-0.2, -0.15) is 5.10 Å². The van der Waals surface area contributed by atoms with E-state index >= 15 is 0 Å². The van der Waals surface area contributed by atoms with Crippen molar-refractivity contribution >= 4 is 11.6 Å². The summed E-state index contributed by atoms with van der Waals surface area (Å²) in [5.74, 6) is -0.337. The minimum Gasteiger partial charge on any atom is -0.369 e. The minimum atomic E-state index is -0.337. The highest BCUT2D eigenvalue weighted by Crippen LogP contribution is 2.24. The Morgan fingerprint density at radius 1 is 1.26 bits per heavy atom. The van der Waals surface area contributed by atoms with Crippen LogP contribution in [0.15, 0.2) is 48.9 Å². The molecule has 94 valence electrons. The molecule has 5 heteroatoms. The quantitative estimate of drug-likeness (QED) is 0.766. The van der Waals surface area contributed by atoms with E-state index in [0.717, 1.165) is 22.3 Å². The van der Waals surface area contributed by atoms with Crippen LogP contribution in [0.25, 0.3) is 16.8 Å². The number of aromatic nitrogens is 3. The zero-order chi connectivity index (χ0) is 13.2. The van der Waals surface area contributed by atoms with Crippen molar-refractivity contribution in [2.24, 2.45) is 5.73 Å². The summed E-state index contributed by atoms with van der Waals surface area (Å²) in [4.78, 5) is 15.3. The van der Waals surface area contributed by atoms with Crippen molar-refractivity contribution in [2.45, 2.75) is 6.42 Å². The molecule has 19 heavy (non-hydrogen) atoms. The Morgan fingerprint density at radius 3 is 2.95 bits per heavy atom. The van der Waals surface area contributed by atoms with Crippen molar-refractivity contribution in [1.82, 2.24) is 14.6 Å². The Morgan fingerprint density at radius 2 is 2.11 bits per heavy atom. The van der Waals surface area contributed by atoms with Gasteiger partial charge in [-0.3, -0.25) is 4.79 Å². The molecular weight excluding hydrogens is 240 g/mol. The van der Waals surface area contributed by atoms with Crippen LogP contribution in [0.2, 0.25) is 0 Å². The lowest BCUT2D eigenvalue weighted by molar-refractivity contribution is -0.117. The largest absolute Gasteiger partial charge is 0.369 e. The van der Waals surface area contributed by atoms with E-state index in [1.54, 1.807) is 4.52 Å². The summed E-state index contributed by atoms with van der Waals surface area (Å²) in [6.07, 6.45) is 3.58. The molecule has 0 fully saturated rings. The molecule has 0 saturated heterocycles. The molecule has 2 N–H and O–H groups in total. The van der Waals surface area contributed by atoms with Gasteiger partial charge in [-0.25, -0.2) is 9.50 Å². The molecule has 0 atom stereocenters. The van der Waals surface area contributed by atoms with Gasteiger partial charge in [0, 0.05) is 6.20 Å². The number of hydrogen-bond acceptors (Lipinski definition) is 3. The van der Waals surface area contributed by atoms with E-state index in [4.69, 9.17) is 5.73 Å². The number of nitrogens with two attached hydrogens (primary N) is 1. The van der Waals surface area contributed by atoms with Gasteiger partial charge in [0.05, 0.1) is 6.42 Å². The number of hydrogen-bond donors (Lipinski definition) is 1. The molecular formula is C14H12N4O. The lowest BCUT2D eigenvalue weighted by Crippen LogP contribution is -2.14. The molecule has 1 amide bonds. The zero-order valence-electron chi connectivity index (χ0n) is 10.2. The molecule has 2 aromatic heterocycles. The number of pyridine rings is 1.